The van der Waals surface area contributed by atoms with Crippen LogP contribution in [0.2, 0.25) is 0 Å². The zero-order chi connectivity index (χ0) is 23.9. The smallest absolute Gasteiger partial charge is 0.215 e. The van der Waals surface area contributed by atoms with Gasteiger partial charge in [0, 0.05) is 54.6 Å². The molecule has 6 rings (SSSR count). The molecule has 1 saturated carbocycles. The summed E-state index contributed by atoms with van der Waals surface area (Å²) < 4.78 is 6.02. The van der Waals surface area contributed by atoms with Crippen molar-refractivity contribution in [1.82, 2.24) is 15.2 Å². The number of piperazine rings is 1. The summed E-state index contributed by atoms with van der Waals surface area (Å²) in [6, 6.07) is 13.8. The first kappa shape index (κ1) is 21.6. The fourth-order valence-electron chi connectivity index (χ4n) is 5.60. The number of aromatic hydroxyl groups is 1. The third kappa shape index (κ3) is 4.00. The zero-order valence-electron chi connectivity index (χ0n) is 19.3. The molecular formula is C26H28N6O3. The van der Waals surface area contributed by atoms with E-state index in [0.717, 1.165) is 56.4 Å². The number of ether oxygens (including phenoxy) is 1. The van der Waals surface area contributed by atoms with Crippen molar-refractivity contribution in [3.63, 3.8) is 0 Å². The molecule has 1 unspecified atom stereocenters. The number of hydrogen-bond donors (Lipinski definition) is 2. The highest BCUT2D eigenvalue weighted by Gasteiger charge is 2.41. The molecule has 3 aliphatic rings. The summed E-state index contributed by atoms with van der Waals surface area (Å²) >= 11 is 0. The molecule has 2 atom stereocenters. The van der Waals surface area contributed by atoms with Crippen LogP contribution in [-0.4, -0.2) is 57.9 Å². The lowest BCUT2D eigenvalue weighted by Crippen LogP contribution is -2.54. The predicted molar refractivity (Wildman–Crippen MR) is 132 cm³/mol. The molecule has 2 aromatic heterocycles. The number of benzene rings is 1. The van der Waals surface area contributed by atoms with E-state index < -0.39 is 0 Å². The average Bonchev–Trinajstić information content (AvgIpc) is 3.11. The second-order valence-corrected chi connectivity index (χ2v) is 9.67. The van der Waals surface area contributed by atoms with Crippen molar-refractivity contribution < 1.29 is 14.6 Å². The van der Waals surface area contributed by atoms with Crippen molar-refractivity contribution in [2.75, 3.05) is 28.6 Å². The molecule has 1 aliphatic carbocycles. The number of rotatable bonds is 6. The first-order valence-corrected chi connectivity index (χ1v) is 12.1. The molecular weight excluding hydrogens is 444 g/mol. The third-order valence-corrected chi connectivity index (χ3v) is 7.43. The van der Waals surface area contributed by atoms with E-state index in [1.165, 1.54) is 0 Å². The molecule has 9 heteroatoms. The van der Waals surface area contributed by atoms with Crippen LogP contribution in [-0.2, 0) is 4.79 Å². The first-order valence-electron chi connectivity index (χ1n) is 12.1. The molecule has 9 nitrogen and oxygen atoms in total. The van der Waals surface area contributed by atoms with Gasteiger partial charge in [-0.3, -0.25) is 0 Å². The monoisotopic (exact) mass is 472 g/mol. The Morgan fingerprint density at radius 1 is 1.06 bits per heavy atom. The number of carbonyl (C=O) groups is 1. The van der Waals surface area contributed by atoms with Gasteiger partial charge >= 0.3 is 0 Å². The van der Waals surface area contributed by atoms with Crippen LogP contribution in [0.5, 0.6) is 11.6 Å². The maximum absolute atomic E-state index is 10.9. The molecule has 2 saturated heterocycles. The Morgan fingerprint density at radius 3 is 2.57 bits per heavy atom. The van der Waals surface area contributed by atoms with E-state index in [1.54, 1.807) is 18.3 Å². The number of nitrogen functional groups attached to an aromatic ring is 1. The Bertz CT molecular complexity index is 1230. The van der Waals surface area contributed by atoms with Gasteiger partial charge in [-0.15, -0.1) is 10.2 Å². The predicted octanol–water partition coefficient (Wildman–Crippen LogP) is 3.04. The molecule has 3 aromatic rings. The SMILES string of the molecule is Nc1nnc(-c2ccccc2O)cc1N1CC2CC[C@H](C1)N2c1ccnc(OC2CC(C=O)C2)c1. The molecule has 0 radical (unpaired) electrons. The molecule has 1 aromatic carbocycles. The largest absolute Gasteiger partial charge is 0.507 e. The normalized spacial score (nSPS) is 25.3. The van der Waals surface area contributed by atoms with E-state index in [-0.39, 0.29) is 17.8 Å². The highest BCUT2D eigenvalue weighted by atomic mass is 16.5. The first-order chi connectivity index (χ1) is 17.1. The number of anilines is 3. The van der Waals surface area contributed by atoms with Crippen molar-refractivity contribution in [3.8, 4) is 22.9 Å². The van der Waals surface area contributed by atoms with Crippen LogP contribution in [0.1, 0.15) is 25.7 Å². The van der Waals surface area contributed by atoms with Crippen molar-refractivity contribution in [1.29, 1.82) is 0 Å². The Labute approximate surface area is 203 Å². The number of aromatic nitrogens is 3. The number of carbonyl (C=O) groups excluding carboxylic acids is 1. The van der Waals surface area contributed by atoms with E-state index in [2.05, 4.69) is 25.0 Å². The highest BCUT2D eigenvalue weighted by molar-refractivity contribution is 5.74. The summed E-state index contributed by atoms with van der Waals surface area (Å²) in [5.41, 5.74) is 9.47. The summed E-state index contributed by atoms with van der Waals surface area (Å²) in [6.45, 7) is 1.63. The van der Waals surface area contributed by atoms with Gasteiger partial charge in [-0.1, -0.05) is 12.1 Å². The summed E-state index contributed by atoms with van der Waals surface area (Å²) in [5.74, 6) is 1.30. The molecule has 180 valence electrons. The Hall–Kier alpha value is -3.88. The van der Waals surface area contributed by atoms with E-state index in [9.17, 15) is 9.90 Å². The number of aldehydes is 1. The topological polar surface area (TPSA) is 118 Å². The number of para-hydroxylation sites is 1. The van der Waals surface area contributed by atoms with Crippen LogP contribution in [0, 0.1) is 5.92 Å². The lowest BCUT2D eigenvalue weighted by Gasteiger charge is -2.43. The summed E-state index contributed by atoms with van der Waals surface area (Å²) in [7, 11) is 0. The number of pyridine rings is 1. The molecule has 0 amide bonds. The van der Waals surface area contributed by atoms with Crippen molar-refractivity contribution >= 4 is 23.5 Å². The third-order valence-electron chi connectivity index (χ3n) is 7.43. The summed E-state index contributed by atoms with van der Waals surface area (Å²) in [6.07, 6.45) is 6.60. The minimum Gasteiger partial charge on any atom is -0.507 e. The van der Waals surface area contributed by atoms with Gasteiger partial charge in [0.05, 0.1) is 11.4 Å². The second-order valence-electron chi connectivity index (χ2n) is 9.67. The molecule has 35 heavy (non-hydrogen) atoms. The molecule has 0 spiro atoms. The number of fused-ring (bicyclic) bond motifs is 2. The lowest BCUT2D eigenvalue weighted by molar-refractivity contribution is -0.116. The van der Waals surface area contributed by atoms with Crippen LogP contribution in [0.25, 0.3) is 11.3 Å². The maximum Gasteiger partial charge on any atom is 0.215 e. The number of phenols is 1. The summed E-state index contributed by atoms with van der Waals surface area (Å²) in [5, 5.41) is 18.7. The van der Waals surface area contributed by atoms with E-state index in [4.69, 9.17) is 10.5 Å². The standard InChI is InChI=1S/C26H28N6O3/c27-26-23(12-22(29-30-26)21-3-1-2-4-24(21)34)31-13-18-5-6-19(14-31)32(18)17-7-8-28-25(11-17)35-20-9-16(10-20)15-33/h1-4,7-8,11-12,15-16,18-20,34H,5-6,9-10,13-14H2,(H2,27,30)/t16?,18-,19?,20?/m1/s1. The molecule has 4 heterocycles. The van der Waals surface area contributed by atoms with Crippen LogP contribution in [0.3, 0.4) is 0 Å². The lowest BCUT2D eigenvalue weighted by atomic mass is 9.83. The Morgan fingerprint density at radius 2 is 1.83 bits per heavy atom. The zero-order valence-corrected chi connectivity index (χ0v) is 19.3. The van der Waals surface area contributed by atoms with Crippen molar-refractivity contribution in [3.05, 3.63) is 48.7 Å². The van der Waals surface area contributed by atoms with Crippen LogP contribution >= 0.6 is 0 Å². The second kappa shape index (κ2) is 8.72. The van der Waals surface area contributed by atoms with Gasteiger partial charge in [-0.05, 0) is 49.9 Å². The minimum absolute atomic E-state index is 0.0712. The fraction of sp³-hybridized carbons (Fsp3) is 0.385. The highest BCUT2D eigenvalue weighted by Crippen LogP contribution is 2.40. The van der Waals surface area contributed by atoms with Crippen LogP contribution < -0.4 is 20.3 Å². The van der Waals surface area contributed by atoms with Gasteiger partial charge in [0.25, 0.3) is 0 Å². The molecule has 2 aliphatic heterocycles. The van der Waals surface area contributed by atoms with E-state index in [0.29, 0.717) is 35.0 Å². The number of nitrogens with two attached hydrogens (primary N) is 1. The number of nitrogens with zero attached hydrogens (tertiary/aromatic N) is 5. The van der Waals surface area contributed by atoms with Crippen molar-refractivity contribution in [2.24, 2.45) is 5.92 Å². The van der Waals surface area contributed by atoms with Gasteiger partial charge in [-0.2, -0.15) is 0 Å². The van der Waals surface area contributed by atoms with Crippen LogP contribution in [0.4, 0.5) is 17.2 Å². The molecule has 2 bridgehead atoms. The fourth-order valence-corrected chi connectivity index (χ4v) is 5.60. The average molecular weight is 473 g/mol. The molecule has 3 N–H and O–H groups in total. The quantitative estimate of drug-likeness (QED) is 0.522. The van der Waals surface area contributed by atoms with Gasteiger partial charge in [-0.25, -0.2) is 4.98 Å². The van der Waals surface area contributed by atoms with Gasteiger partial charge in [0.2, 0.25) is 5.88 Å². The van der Waals surface area contributed by atoms with Gasteiger partial charge in [0.1, 0.15) is 18.1 Å². The number of phenolic OH excluding ortho intramolecular Hbond substituents is 1. The van der Waals surface area contributed by atoms with Crippen molar-refractivity contribution in [2.45, 2.75) is 43.9 Å². The van der Waals surface area contributed by atoms with Gasteiger partial charge < -0.3 is 30.2 Å². The Balaban J connectivity index is 1.21. The van der Waals surface area contributed by atoms with Crippen LogP contribution in [0.15, 0.2) is 48.7 Å². The Kier molecular flexibility index (Phi) is 5.39. The van der Waals surface area contributed by atoms with Gasteiger partial charge in [0.15, 0.2) is 5.82 Å². The summed E-state index contributed by atoms with van der Waals surface area (Å²) in [4.78, 5) is 20.0. The number of hydrogen-bond acceptors (Lipinski definition) is 9. The molecule has 3 fully saturated rings. The van der Waals surface area contributed by atoms with E-state index >= 15 is 0 Å². The minimum atomic E-state index is 0.0712. The van der Waals surface area contributed by atoms with E-state index in [1.807, 2.05) is 30.3 Å². The maximum atomic E-state index is 10.9.